The summed E-state index contributed by atoms with van der Waals surface area (Å²) in [5.74, 6) is 0.487. The zero-order valence-corrected chi connectivity index (χ0v) is 18.6. The third kappa shape index (κ3) is 3.45. The van der Waals surface area contributed by atoms with Crippen molar-refractivity contribution in [1.82, 2.24) is 24.8 Å². The predicted octanol–water partition coefficient (Wildman–Crippen LogP) is 3.54. The number of para-hydroxylation sites is 2. The number of nitrogens with one attached hydrogen (secondary N) is 1. The SMILES string of the molecule is C[C@@H]1CCCC[C@@H]1NC(=O)[C@]1(C)Cn2c(nc3ccccc32)C(=O)N1Cc1cccnc1. The molecule has 1 aliphatic carbocycles. The fourth-order valence-corrected chi connectivity index (χ4v) is 5.11. The van der Waals surface area contributed by atoms with Gasteiger partial charge >= 0.3 is 0 Å². The number of hydrogen-bond acceptors (Lipinski definition) is 4. The molecule has 3 aromatic rings. The largest absolute Gasteiger partial charge is 0.351 e. The second-order valence-corrected chi connectivity index (χ2v) is 9.38. The standard InChI is InChI=1S/C25H29N5O2/c1-17-8-3-4-10-19(17)28-24(32)25(2)16-29-21-12-6-5-11-20(21)27-22(29)23(31)30(25)15-18-9-7-13-26-14-18/h5-7,9,11-14,17,19H,3-4,8,10,15-16H2,1-2H3,(H,28,32)/t17-,19+,25+/m1/s1. The molecule has 166 valence electrons. The van der Waals surface area contributed by atoms with Crippen molar-refractivity contribution in [3.05, 3.63) is 60.2 Å². The minimum atomic E-state index is -1.04. The summed E-state index contributed by atoms with van der Waals surface area (Å²) in [6.45, 7) is 4.75. The van der Waals surface area contributed by atoms with E-state index in [-0.39, 0.29) is 17.9 Å². The molecule has 2 amide bonds. The normalized spacial score (nSPS) is 25.6. The van der Waals surface area contributed by atoms with Crippen molar-refractivity contribution in [3.8, 4) is 0 Å². The van der Waals surface area contributed by atoms with Gasteiger partial charge in [0.1, 0.15) is 5.54 Å². The number of amides is 2. The van der Waals surface area contributed by atoms with E-state index >= 15 is 0 Å². The minimum absolute atomic E-state index is 0.100. The molecule has 1 N–H and O–H groups in total. The Bertz CT molecular complexity index is 1160. The first-order valence-corrected chi connectivity index (χ1v) is 11.4. The number of benzene rings is 1. The molecule has 0 saturated heterocycles. The summed E-state index contributed by atoms with van der Waals surface area (Å²) in [4.78, 5) is 38.0. The van der Waals surface area contributed by atoms with E-state index in [1.165, 1.54) is 6.42 Å². The number of carbonyl (C=O) groups is 2. The van der Waals surface area contributed by atoms with Gasteiger partial charge in [-0.3, -0.25) is 14.6 Å². The van der Waals surface area contributed by atoms with E-state index in [2.05, 4.69) is 22.2 Å². The molecule has 7 nitrogen and oxygen atoms in total. The van der Waals surface area contributed by atoms with E-state index < -0.39 is 5.54 Å². The molecule has 1 saturated carbocycles. The molecule has 2 aliphatic rings. The molecule has 0 unspecified atom stereocenters. The number of pyridine rings is 1. The Morgan fingerprint density at radius 2 is 2.00 bits per heavy atom. The summed E-state index contributed by atoms with van der Waals surface area (Å²) < 4.78 is 1.90. The molecule has 0 bridgehead atoms. The van der Waals surface area contributed by atoms with Gasteiger partial charge in [-0.1, -0.05) is 38.0 Å². The Labute approximate surface area is 187 Å². The first-order chi connectivity index (χ1) is 15.5. The van der Waals surface area contributed by atoms with E-state index in [4.69, 9.17) is 0 Å². The van der Waals surface area contributed by atoms with E-state index in [1.807, 2.05) is 47.9 Å². The fourth-order valence-electron chi connectivity index (χ4n) is 5.11. The minimum Gasteiger partial charge on any atom is -0.351 e. The highest BCUT2D eigenvalue weighted by Gasteiger charge is 2.49. The lowest BCUT2D eigenvalue weighted by atomic mass is 9.85. The number of imidazole rings is 1. The average molecular weight is 432 g/mol. The second kappa shape index (κ2) is 8.04. The molecule has 1 aliphatic heterocycles. The maximum absolute atomic E-state index is 13.8. The monoisotopic (exact) mass is 431 g/mol. The van der Waals surface area contributed by atoms with Gasteiger partial charge in [0.25, 0.3) is 5.91 Å². The lowest BCUT2D eigenvalue weighted by molar-refractivity contribution is -0.134. The van der Waals surface area contributed by atoms with Crippen LogP contribution >= 0.6 is 0 Å². The zero-order valence-electron chi connectivity index (χ0n) is 18.6. The van der Waals surface area contributed by atoms with Crippen LogP contribution < -0.4 is 5.32 Å². The summed E-state index contributed by atoms with van der Waals surface area (Å²) in [5.41, 5.74) is 1.49. The van der Waals surface area contributed by atoms with Crippen molar-refractivity contribution in [2.75, 3.05) is 0 Å². The van der Waals surface area contributed by atoms with Crippen LogP contribution in [0.5, 0.6) is 0 Å². The van der Waals surface area contributed by atoms with Crippen LogP contribution in [0.15, 0.2) is 48.8 Å². The molecular formula is C25H29N5O2. The Morgan fingerprint density at radius 1 is 1.19 bits per heavy atom. The van der Waals surface area contributed by atoms with Crippen LogP contribution in [0.3, 0.4) is 0 Å². The van der Waals surface area contributed by atoms with Crippen molar-refractivity contribution in [2.24, 2.45) is 5.92 Å². The van der Waals surface area contributed by atoms with E-state index in [1.54, 1.807) is 17.3 Å². The van der Waals surface area contributed by atoms with E-state index in [9.17, 15) is 9.59 Å². The van der Waals surface area contributed by atoms with Crippen LogP contribution in [0.1, 0.15) is 55.7 Å². The lowest BCUT2D eigenvalue weighted by Gasteiger charge is -2.44. The summed E-state index contributed by atoms with van der Waals surface area (Å²) >= 11 is 0. The van der Waals surface area contributed by atoms with Gasteiger partial charge in [-0.25, -0.2) is 4.98 Å². The molecule has 2 aromatic heterocycles. The molecule has 7 heteroatoms. The highest BCUT2D eigenvalue weighted by molar-refractivity contribution is 6.01. The topological polar surface area (TPSA) is 80.1 Å². The van der Waals surface area contributed by atoms with Gasteiger partial charge in [-0.05, 0) is 49.4 Å². The van der Waals surface area contributed by atoms with Crippen LogP contribution in [-0.4, -0.2) is 42.8 Å². The quantitative estimate of drug-likeness (QED) is 0.685. The maximum atomic E-state index is 13.8. The van der Waals surface area contributed by atoms with Gasteiger partial charge in [-0.2, -0.15) is 0 Å². The number of nitrogens with zero attached hydrogens (tertiary/aromatic N) is 4. The number of fused-ring (bicyclic) bond motifs is 3. The third-order valence-corrected chi connectivity index (χ3v) is 7.13. The van der Waals surface area contributed by atoms with Crippen molar-refractivity contribution in [2.45, 2.75) is 64.2 Å². The van der Waals surface area contributed by atoms with Crippen molar-refractivity contribution in [3.63, 3.8) is 0 Å². The van der Waals surface area contributed by atoms with E-state index in [0.29, 0.717) is 24.8 Å². The van der Waals surface area contributed by atoms with Crippen LogP contribution in [0.2, 0.25) is 0 Å². The number of aromatic nitrogens is 3. The Kier molecular flexibility index (Phi) is 5.19. The molecule has 3 heterocycles. The molecule has 3 atom stereocenters. The molecule has 0 radical (unpaired) electrons. The number of rotatable bonds is 4. The van der Waals surface area contributed by atoms with Gasteiger partial charge in [0, 0.05) is 25.0 Å². The van der Waals surface area contributed by atoms with Gasteiger partial charge < -0.3 is 14.8 Å². The number of carbonyl (C=O) groups excluding carboxylic acids is 2. The first-order valence-electron chi connectivity index (χ1n) is 11.4. The summed E-state index contributed by atoms with van der Waals surface area (Å²) in [6.07, 6.45) is 7.89. The molecule has 0 spiro atoms. The van der Waals surface area contributed by atoms with Gasteiger partial charge in [-0.15, -0.1) is 0 Å². The van der Waals surface area contributed by atoms with Crippen molar-refractivity contribution < 1.29 is 9.59 Å². The van der Waals surface area contributed by atoms with E-state index in [0.717, 1.165) is 35.9 Å². The maximum Gasteiger partial charge on any atom is 0.291 e. The summed E-state index contributed by atoms with van der Waals surface area (Å²) in [7, 11) is 0. The second-order valence-electron chi connectivity index (χ2n) is 9.38. The highest BCUT2D eigenvalue weighted by atomic mass is 16.2. The predicted molar refractivity (Wildman–Crippen MR) is 122 cm³/mol. The molecule has 1 aromatic carbocycles. The molecular weight excluding hydrogens is 402 g/mol. The van der Waals surface area contributed by atoms with Gasteiger partial charge in [0.05, 0.1) is 17.6 Å². The number of hydrogen-bond donors (Lipinski definition) is 1. The molecule has 1 fully saturated rings. The van der Waals surface area contributed by atoms with Crippen molar-refractivity contribution in [1.29, 1.82) is 0 Å². The molecule has 32 heavy (non-hydrogen) atoms. The Morgan fingerprint density at radius 3 is 2.78 bits per heavy atom. The van der Waals surface area contributed by atoms with Crippen molar-refractivity contribution >= 4 is 22.8 Å². The Hall–Kier alpha value is -3.22. The fraction of sp³-hybridized carbons (Fsp3) is 0.440. The summed E-state index contributed by atoms with van der Waals surface area (Å²) in [5, 5.41) is 3.30. The van der Waals surface area contributed by atoms with Crippen LogP contribution in [-0.2, 0) is 17.9 Å². The Balaban J connectivity index is 1.55. The van der Waals surface area contributed by atoms with Gasteiger partial charge in [0.2, 0.25) is 5.91 Å². The van der Waals surface area contributed by atoms with Crippen LogP contribution in [0.25, 0.3) is 11.0 Å². The van der Waals surface area contributed by atoms with Gasteiger partial charge in [0.15, 0.2) is 5.82 Å². The smallest absolute Gasteiger partial charge is 0.291 e. The third-order valence-electron chi connectivity index (χ3n) is 7.13. The van der Waals surface area contributed by atoms with Crippen LogP contribution in [0, 0.1) is 5.92 Å². The first kappa shape index (κ1) is 20.7. The molecule has 5 rings (SSSR count). The van der Waals surface area contributed by atoms with Crippen LogP contribution in [0.4, 0.5) is 0 Å². The zero-order chi connectivity index (χ0) is 22.3. The average Bonchev–Trinajstić information content (AvgIpc) is 3.17. The lowest BCUT2D eigenvalue weighted by Crippen LogP contribution is -2.65. The summed E-state index contributed by atoms with van der Waals surface area (Å²) in [6, 6.07) is 11.6. The highest BCUT2D eigenvalue weighted by Crippen LogP contribution is 2.33.